The Bertz CT molecular complexity index is 591. The molecular weight excluding hydrogens is 232 g/mol. The number of methoxy groups -OCH3 is 1. The highest BCUT2D eigenvalue weighted by Crippen LogP contribution is 2.33. The number of furan rings is 1. The summed E-state index contributed by atoms with van der Waals surface area (Å²) >= 11 is 0. The molecule has 92 valence electrons. The van der Waals surface area contributed by atoms with E-state index in [1.165, 1.54) is 6.26 Å². The predicted molar refractivity (Wildman–Crippen MR) is 66.7 cm³/mol. The molecule has 18 heavy (non-hydrogen) atoms. The lowest BCUT2D eigenvalue weighted by Gasteiger charge is -2.24. The van der Waals surface area contributed by atoms with Crippen LogP contribution in [0.25, 0.3) is 0 Å². The minimum absolute atomic E-state index is 0.114. The van der Waals surface area contributed by atoms with Crippen molar-refractivity contribution in [1.82, 2.24) is 0 Å². The van der Waals surface area contributed by atoms with Gasteiger partial charge in [0.05, 0.1) is 12.8 Å². The Hall–Kier alpha value is -2.43. The lowest BCUT2D eigenvalue weighted by molar-refractivity contribution is -0.117. The Kier molecular flexibility index (Phi) is 2.44. The van der Waals surface area contributed by atoms with Gasteiger partial charge in [-0.05, 0) is 17.7 Å². The number of carbonyl (C=O) groups excluding carboxylic acids is 1. The summed E-state index contributed by atoms with van der Waals surface area (Å²) in [6, 6.07) is 6.97. The number of rotatable bonds is 2. The molecule has 5 nitrogen and oxygen atoms in total. The highest BCUT2D eigenvalue weighted by atomic mass is 16.5. The van der Waals surface area contributed by atoms with Crippen LogP contribution < -0.4 is 15.4 Å². The molecule has 2 aromatic rings. The number of hydrogen-bond donors (Lipinski definition) is 2. The van der Waals surface area contributed by atoms with E-state index in [2.05, 4.69) is 10.6 Å². The Balaban J connectivity index is 1.95. The van der Waals surface area contributed by atoms with Crippen molar-refractivity contribution in [2.45, 2.75) is 6.04 Å². The number of fused-ring (bicyclic) bond motifs is 1. The minimum atomic E-state index is -0.440. The first kappa shape index (κ1) is 10.7. The van der Waals surface area contributed by atoms with E-state index in [1.54, 1.807) is 13.4 Å². The molecule has 1 aromatic carbocycles. The van der Waals surface area contributed by atoms with Gasteiger partial charge in [-0.25, -0.2) is 0 Å². The Morgan fingerprint density at radius 1 is 1.28 bits per heavy atom. The summed E-state index contributed by atoms with van der Waals surface area (Å²) in [5.41, 5.74) is 2.29. The standard InChI is InChI=1S/C13H12N2O3/c1-17-9-4-2-3-8(5-9)12-13(16)15-11-7-18-6-10(11)14-12/h2-7,12,14H,1H3,(H,15,16). The van der Waals surface area contributed by atoms with Gasteiger partial charge in [-0.3, -0.25) is 4.79 Å². The van der Waals surface area contributed by atoms with E-state index in [1.807, 2.05) is 24.3 Å². The van der Waals surface area contributed by atoms with Gasteiger partial charge in [0.25, 0.3) is 5.91 Å². The van der Waals surface area contributed by atoms with E-state index in [0.29, 0.717) is 5.69 Å². The van der Waals surface area contributed by atoms with Crippen LogP contribution >= 0.6 is 0 Å². The SMILES string of the molecule is COc1cccc(C2Nc3cocc3NC2=O)c1. The van der Waals surface area contributed by atoms with Gasteiger partial charge in [0.15, 0.2) is 0 Å². The molecule has 1 aliphatic heterocycles. The van der Waals surface area contributed by atoms with Crippen LogP contribution in [0.1, 0.15) is 11.6 Å². The number of hydrogen-bond acceptors (Lipinski definition) is 4. The maximum Gasteiger partial charge on any atom is 0.251 e. The van der Waals surface area contributed by atoms with Gasteiger partial charge in [-0.1, -0.05) is 12.1 Å². The first-order valence-corrected chi connectivity index (χ1v) is 5.55. The van der Waals surface area contributed by atoms with Gasteiger partial charge in [0.1, 0.15) is 30.0 Å². The van der Waals surface area contributed by atoms with E-state index in [9.17, 15) is 4.79 Å². The van der Waals surface area contributed by atoms with Gasteiger partial charge in [-0.15, -0.1) is 0 Å². The fraction of sp³-hybridized carbons (Fsp3) is 0.154. The van der Waals surface area contributed by atoms with E-state index < -0.39 is 6.04 Å². The highest BCUT2D eigenvalue weighted by molar-refractivity contribution is 6.03. The number of amides is 1. The maximum atomic E-state index is 12.0. The quantitative estimate of drug-likeness (QED) is 0.851. The molecular formula is C13H12N2O3. The number of carbonyl (C=O) groups is 1. The number of nitrogens with one attached hydrogen (secondary N) is 2. The van der Waals surface area contributed by atoms with Crippen LogP contribution in [0.2, 0.25) is 0 Å². The summed E-state index contributed by atoms with van der Waals surface area (Å²) in [4.78, 5) is 12.0. The zero-order chi connectivity index (χ0) is 12.5. The van der Waals surface area contributed by atoms with Crippen molar-refractivity contribution in [3.63, 3.8) is 0 Å². The lowest BCUT2D eigenvalue weighted by atomic mass is 10.0. The second kappa shape index (κ2) is 4.10. The first-order chi connectivity index (χ1) is 8.78. The van der Waals surface area contributed by atoms with Crippen molar-refractivity contribution in [2.75, 3.05) is 17.7 Å². The van der Waals surface area contributed by atoms with E-state index in [4.69, 9.17) is 9.15 Å². The van der Waals surface area contributed by atoms with Gasteiger partial charge in [0.2, 0.25) is 0 Å². The zero-order valence-corrected chi connectivity index (χ0v) is 9.77. The largest absolute Gasteiger partial charge is 0.497 e. The van der Waals surface area contributed by atoms with Crippen molar-refractivity contribution < 1.29 is 13.9 Å². The molecule has 0 aliphatic carbocycles. The normalized spacial score (nSPS) is 17.6. The summed E-state index contributed by atoms with van der Waals surface area (Å²) in [6.07, 6.45) is 3.07. The van der Waals surface area contributed by atoms with Crippen molar-refractivity contribution in [3.8, 4) is 5.75 Å². The van der Waals surface area contributed by atoms with Crippen molar-refractivity contribution >= 4 is 17.3 Å². The first-order valence-electron chi connectivity index (χ1n) is 5.55. The number of anilines is 2. The van der Waals surface area contributed by atoms with Crippen LogP contribution in [0.3, 0.4) is 0 Å². The third kappa shape index (κ3) is 1.69. The maximum absolute atomic E-state index is 12.0. The summed E-state index contributed by atoms with van der Waals surface area (Å²) in [5, 5.41) is 5.92. The molecule has 3 rings (SSSR count). The monoisotopic (exact) mass is 244 g/mol. The Labute approximate surface area is 104 Å². The molecule has 0 saturated heterocycles. The van der Waals surface area contributed by atoms with Crippen LogP contribution in [0, 0.1) is 0 Å². The van der Waals surface area contributed by atoms with Crippen LogP contribution in [0.4, 0.5) is 11.4 Å². The highest BCUT2D eigenvalue weighted by Gasteiger charge is 2.28. The van der Waals surface area contributed by atoms with Crippen LogP contribution in [0.5, 0.6) is 5.75 Å². The van der Waals surface area contributed by atoms with Gasteiger partial charge < -0.3 is 19.8 Å². The second-order valence-corrected chi connectivity index (χ2v) is 4.04. The summed E-state index contributed by atoms with van der Waals surface area (Å²) < 4.78 is 10.2. The molecule has 1 aromatic heterocycles. The summed E-state index contributed by atoms with van der Waals surface area (Å²) in [7, 11) is 1.60. The van der Waals surface area contributed by atoms with Gasteiger partial charge >= 0.3 is 0 Å². The topological polar surface area (TPSA) is 63.5 Å². The summed E-state index contributed by atoms with van der Waals surface area (Å²) in [5.74, 6) is 0.609. The van der Waals surface area contributed by atoms with Crippen molar-refractivity contribution in [1.29, 1.82) is 0 Å². The molecule has 0 bridgehead atoms. The van der Waals surface area contributed by atoms with E-state index in [0.717, 1.165) is 17.0 Å². The zero-order valence-electron chi connectivity index (χ0n) is 9.77. The minimum Gasteiger partial charge on any atom is -0.497 e. The van der Waals surface area contributed by atoms with Gasteiger partial charge in [-0.2, -0.15) is 0 Å². The summed E-state index contributed by atoms with van der Waals surface area (Å²) in [6.45, 7) is 0. The fourth-order valence-corrected chi connectivity index (χ4v) is 1.99. The fourth-order valence-electron chi connectivity index (χ4n) is 1.99. The average molecular weight is 244 g/mol. The predicted octanol–water partition coefficient (Wildman–Crippen LogP) is 2.39. The van der Waals surface area contributed by atoms with Crippen LogP contribution in [-0.4, -0.2) is 13.0 Å². The third-order valence-corrected chi connectivity index (χ3v) is 2.91. The second-order valence-electron chi connectivity index (χ2n) is 4.04. The van der Waals surface area contributed by atoms with Gasteiger partial charge in [0, 0.05) is 0 Å². The molecule has 1 amide bonds. The lowest BCUT2D eigenvalue weighted by Crippen LogP contribution is -2.31. The molecule has 1 atom stereocenters. The van der Waals surface area contributed by atoms with E-state index in [-0.39, 0.29) is 5.91 Å². The van der Waals surface area contributed by atoms with Crippen molar-refractivity contribution in [3.05, 3.63) is 42.4 Å². The molecule has 0 fully saturated rings. The average Bonchev–Trinajstić information content (AvgIpc) is 2.85. The number of ether oxygens (including phenoxy) is 1. The molecule has 2 N–H and O–H groups in total. The molecule has 5 heteroatoms. The molecule has 1 unspecified atom stereocenters. The van der Waals surface area contributed by atoms with Crippen LogP contribution in [-0.2, 0) is 4.79 Å². The molecule has 0 spiro atoms. The molecule has 2 heterocycles. The third-order valence-electron chi connectivity index (χ3n) is 2.91. The smallest absolute Gasteiger partial charge is 0.251 e. The van der Waals surface area contributed by atoms with E-state index >= 15 is 0 Å². The molecule has 0 radical (unpaired) electrons. The molecule has 0 saturated carbocycles. The van der Waals surface area contributed by atoms with Crippen LogP contribution in [0.15, 0.2) is 41.2 Å². The Morgan fingerprint density at radius 2 is 2.11 bits per heavy atom. The molecule has 1 aliphatic rings. The Morgan fingerprint density at radius 3 is 2.94 bits per heavy atom. The van der Waals surface area contributed by atoms with Crippen molar-refractivity contribution in [2.24, 2.45) is 0 Å². The number of benzene rings is 1.